The molecule has 0 aromatic rings. The van der Waals surface area contributed by atoms with Gasteiger partial charge in [0.1, 0.15) is 0 Å². The fourth-order valence-electron chi connectivity index (χ4n) is 0.177. The number of hydrogen-bond acceptors (Lipinski definition) is 1. The Bertz CT molecular complexity index is 22.0. The van der Waals surface area contributed by atoms with Gasteiger partial charge in [-0.15, -0.1) is 6.42 Å². The monoisotopic (exact) mass is 184 g/mol. The van der Waals surface area contributed by atoms with E-state index >= 15 is 0 Å². The Labute approximate surface area is 56.7 Å². The van der Waals surface area contributed by atoms with Crippen molar-refractivity contribution in [3.63, 3.8) is 0 Å². The van der Waals surface area contributed by atoms with Gasteiger partial charge in [-0.2, -0.15) is 12.8 Å². The van der Waals surface area contributed by atoms with E-state index < -0.39 is 0 Å². The molecule has 2 heteroatoms. The Hall–Kier alpha value is 0.488. The van der Waals surface area contributed by atoms with Crippen LogP contribution >= 0.6 is 0 Å². The van der Waals surface area contributed by atoms with Crippen LogP contribution in [-0.4, -0.2) is 0 Å². The van der Waals surface area contributed by atoms with E-state index in [1.165, 1.54) is 6.42 Å². The third-order valence-electron chi connectivity index (χ3n) is 0.500. The van der Waals surface area contributed by atoms with Gasteiger partial charge in [-0.1, -0.05) is 0 Å². The van der Waals surface area contributed by atoms with E-state index in [4.69, 9.17) is 3.40 Å². The standard InChI is InChI=1S/C5H10.Mo.O/c1-3-5-4-2;;/h1-5H2;;/q-2;;. The molecule has 44 valence electrons. The van der Waals surface area contributed by atoms with Gasteiger partial charge in [0.25, 0.3) is 0 Å². The van der Waals surface area contributed by atoms with Crippen molar-refractivity contribution >= 4 is 0 Å². The predicted molar refractivity (Wildman–Crippen MR) is 25.3 cm³/mol. The fourth-order valence-corrected chi connectivity index (χ4v) is 0.177. The zero-order chi connectivity index (χ0) is 6.12. The van der Waals surface area contributed by atoms with Gasteiger partial charge in [0.05, 0.1) is 0 Å². The van der Waals surface area contributed by atoms with E-state index in [1.807, 2.05) is 0 Å². The molecule has 0 N–H and O–H groups in total. The molecule has 0 saturated heterocycles. The average Bonchev–Trinajstić information content (AvgIpc) is 1.75. The third-order valence-corrected chi connectivity index (χ3v) is 0.500. The quantitative estimate of drug-likeness (QED) is 0.469. The number of rotatable bonds is 2. The molecule has 0 fully saturated rings. The summed E-state index contributed by atoms with van der Waals surface area (Å²) in [5.74, 6) is 0. The number of hydrogen-bond donors (Lipinski definition) is 0. The van der Waals surface area contributed by atoms with Crippen molar-refractivity contribution in [2.24, 2.45) is 0 Å². The summed E-state index contributed by atoms with van der Waals surface area (Å²) in [4.78, 5) is 0. The summed E-state index contributed by atoms with van der Waals surface area (Å²) in [7, 11) is 0. The first-order chi connectivity index (χ1) is 3.41. The second kappa shape index (κ2) is 16.1. The van der Waals surface area contributed by atoms with Gasteiger partial charge >= 0.3 is 23.2 Å². The molecule has 0 aromatic heterocycles. The molecule has 0 amide bonds. The van der Waals surface area contributed by atoms with E-state index in [1.54, 1.807) is 0 Å². The van der Waals surface area contributed by atoms with Gasteiger partial charge in [0, 0.05) is 0 Å². The van der Waals surface area contributed by atoms with Crippen molar-refractivity contribution in [2.45, 2.75) is 19.3 Å². The van der Waals surface area contributed by atoms with Crippen molar-refractivity contribution in [2.75, 3.05) is 0 Å². The van der Waals surface area contributed by atoms with Crippen LogP contribution in [0.1, 0.15) is 19.3 Å². The van der Waals surface area contributed by atoms with Crippen molar-refractivity contribution in [3.8, 4) is 0 Å². The summed E-state index contributed by atoms with van der Waals surface area (Å²) in [6.45, 7) is 7.27. The summed E-state index contributed by atoms with van der Waals surface area (Å²) in [5, 5.41) is 0. The Balaban J connectivity index is 0. The van der Waals surface area contributed by atoms with Crippen LogP contribution in [0.4, 0.5) is 0 Å². The first kappa shape index (κ1) is 10.5. The molecule has 1 nitrogen and oxygen atoms in total. The van der Waals surface area contributed by atoms with E-state index in [2.05, 4.69) is 13.8 Å². The third kappa shape index (κ3) is 21.1. The van der Waals surface area contributed by atoms with Crippen molar-refractivity contribution < 1.29 is 23.2 Å². The molecule has 0 radical (unpaired) electrons. The van der Waals surface area contributed by atoms with Crippen molar-refractivity contribution in [3.05, 3.63) is 13.8 Å². The van der Waals surface area contributed by atoms with E-state index in [-0.39, 0.29) is 0 Å². The molecule has 0 aromatic carbocycles. The molecule has 0 rings (SSSR count). The Morgan fingerprint density at radius 3 is 1.43 bits per heavy atom. The normalized spacial score (nSPS) is 6.57. The maximum absolute atomic E-state index is 8.26. The van der Waals surface area contributed by atoms with E-state index in [9.17, 15) is 0 Å². The molecular weight excluding hydrogens is 172 g/mol. The van der Waals surface area contributed by atoms with Gasteiger partial charge < -0.3 is 13.8 Å². The summed E-state index contributed by atoms with van der Waals surface area (Å²) in [5.41, 5.74) is 0. The molecule has 7 heavy (non-hydrogen) atoms. The summed E-state index contributed by atoms with van der Waals surface area (Å²) in [6.07, 6.45) is 3.23. The molecule has 0 spiro atoms. The van der Waals surface area contributed by atoms with Crippen LogP contribution < -0.4 is 0 Å². The zero-order valence-electron chi connectivity index (χ0n) is 4.35. The molecule has 0 bridgehead atoms. The molecule has 0 atom stereocenters. The van der Waals surface area contributed by atoms with Gasteiger partial charge in [-0.05, 0) is 0 Å². The van der Waals surface area contributed by atoms with Crippen LogP contribution in [0.3, 0.4) is 0 Å². The minimum atomic E-state index is 0.700. The van der Waals surface area contributed by atoms with Crippen LogP contribution in [0.2, 0.25) is 0 Å². The van der Waals surface area contributed by atoms with E-state index in [0.29, 0.717) is 19.8 Å². The van der Waals surface area contributed by atoms with Gasteiger partial charge in [0.15, 0.2) is 0 Å². The molecule has 0 heterocycles. The first-order valence-corrected chi connectivity index (χ1v) is 2.99. The van der Waals surface area contributed by atoms with Gasteiger partial charge in [-0.25, -0.2) is 0 Å². The van der Waals surface area contributed by atoms with Gasteiger partial charge in [-0.3, -0.25) is 0 Å². The minimum absolute atomic E-state index is 0.700. The average molecular weight is 182 g/mol. The van der Waals surface area contributed by atoms with E-state index in [0.717, 1.165) is 12.8 Å². The van der Waals surface area contributed by atoms with Crippen LogP contribution in [0, 0.1) is 13.8 Å². The second-order valence-corrected chi connectivity index (χ2v) is 1.06. The molecule has 0 aliphatic carbocycles. The summed E-state index contributed by atoms with van der Waals surface area (Å²) >= 11 is 0.700. The topological polar surface area (TPSA) is 17.1 Å². The van der Waals surface area contributed by atoms with Crippen LogP contribution in [0.5, 0.6) is 0 Å². The van der Waals surface area contributed by atoms with Crippen LogP contribution in [-0.2, 0) is 23.2 Å². The summed E-state index contributed by atoms with van der Waals surface area (Å²) < 4.78 is 8.26. The Kier molecular flexibility index (Phi) is 24.0. The molecular formula is C5H10MoO-2. The zero-order valence-corrected chi connectivity index (χ0v) is 6.36. The SMILES string of the molecule is [CH2-]CCC[CH2-].[O]=[Mo]. The first-order valence-electron chi connectivity index (χ1n) is 2.17. The molecule has 0 aliphatic heterocycles. The fraction of sp³-hybridized carbons (Fsp3) is 0.600. The number of unbranched alkanes of at least 4 members (excludes halogenated alkanes) is 2. The Morgan fingerprint density at radius 2 is 1.43 bits per heavy atom. The summed E-state index contributed by atoms with van der Waals surface area (Å²) in [6, 6.07) is 0. The maximum atomic E-state index is 8.26. The van der Waals surface area contributed by atoms with Crippen molar-refractivity contribution in [1.29, 1.82) is 0 Å². The molecule has 0 aliphatic rings. The van der Waals surface area contributed by atoms with Crippen LogP contribution in [0.25, 0.3) is 0 Å². The second-order valence-electron chi connectivity index (χ2n) is 1.06. The molecule has 0 saturated carbocycles. The molecule has 0 unspecified atom stereocenters. The van der Waals surface area contributed by atoms with Gasteiger partial charge in [0.2, 0.25) is 0 Å². The Morgan fingerprint density at radius 1 is 1.14 bits per heavy atom. The van der Waals surface area contributed by atoms with Crippen LogP contribution in [0.15, 0.2) is 0 Å². The predicted octanol–water partition coefficient (Wildman–Crippen LogP) is 1.70. The van der Waals surface area contributed by atoms with Crippen molar-refractivity contribution in [1.82, 2.24) is 0 Å².